The van der Waals surface area contributed by atoms with Crippen LogP contribution in [0.5, 0.6) is 0 Å². The molecule has 0 saturated carbocycles. The number of pyridine rings is 1. The summed E-state index contributed by atoms with van der Waals surface area (Å²) in [5.74, 6) is -1.17. The summed E-state index contributed by atoms with van der Waals surface area (Å²) < 4.78 is 22.2. The van der Waals surface area contributed by atoms with Crippen molar-refractivity contribution in [2.75, 3.05) is 0 Å². The van der Waals surface area contributed by atoms with E-state index in [9.17, 15) is 13.2 Å². The number of carboxylic acid groups (broad SMARTS) is 1. The predicted molar refractivity (Wildman–Crippen MR) is 70.5 cm³/mol. The zero-order valence-corrected chi connectivity index (χ0v) is 11.2. The Bertz CT molecular complexity index is 771. The first-order valence-corrected chi connectivity index (χ1v) is 7.09. The zero-order valence-electron chi connectivity index (χ0n) is 9.53. The fourth-order valence-corrected chi connectivity index (χ4v) is 3.16. The van der Waals surface area contributed by atoms with Crippen molar-refractivity contribution in [2.45, 2.75) is 9.79 Å². The molecule has 0 amide bonds. The van der Waals surface area contributed by atoms with Crippen LogP contribution < -0.4 is 0 Å². The van der Waals surface area contributed by atoms with Crippen LogP contribution in [0.25, 0.3) is 0 Å². The predicted octanol–water partition coefficient (Wildman–Crippen LogP) is 2.28. The summed E-state index contributed by atoms with van der Waals surface area (Å²) in [4.78, 5) is 14.6. The highest BCUT2D eigenvalue weighted by Crippen LogP contribution is 2.30. The van der Waals surface area contributed by atoms with Gasteiger partial charge < -0.3 is 10.1 Å². The number of hydrogen-bond donors (Lipinski definition) is 2. The van der Waals surface area contributed by atoms with Crippen molar-refractivity contribution >= 4 is 28.0 Å². The van der Waals surface area contributed by atoms with Crippen LogP contribution in [-0.4, -0.2) is 24.5 Å². The van der Waals surface area contributed by atoms with Crippen molar-refractivity contribution in [1.29, 1.82) is 0 Å². The molecule has 0 atom stereocenters. The molecule has 0 radical (unpaired) electrons. The second-order valence-corrected chi connectivity index (χ2v) is 5.47. The molecule has 0 spiro atoms. The van der Waals surface area contributed by atoms with E-state index in [-0.39, 0.29) is 15.1 Å². The van der Waals surface area contributed by atoms with E-state index in [0.29, 0.717) is 0 Å². The highest BCUT2D eigenvalue weighted by molar-refractivity contribution is 7.99. The van der Waals surface area contributed by atoms with E-state index >= 15 is 0 Å². The van der Waals surface area contributed by atoms with E-state index < -0.39 is 16.3 Å². The molecule has 1 aromatic heterocycles. The third-order valence-electron chi connectivity index (χ3n) is 2.28. The maximum Gasteiger partial charge on any atom is 0.337 e. The van der Waals surface area contributed by atoms with E-state index in [1.165, 1.54) is 12.3 Å². The fraction of sp³-hybridized carbons (Fsp3) is 0. The Kier molecular flexibility index (Phi) is 4.08. The maximum atomic E-state index is 11.2. The lowest BCUT2D eigenvalue weighted by Gasteiger charge is -2.05. The Labute approximate surface area is 114 Å². The van der Waals surface area contributed by atoms with Gasteiger partial charge in [0, 0.05) is 11.1 Å². The van der Waals surface area contributed by atoms with Crippen LogP contribution in [0.1, 0.15) is 10.4 Å². The van der Waals surface area contributed by atoms with E-state index in [0.717, 1.165) is 16.7 Å². The van der Waals surface area contributed by atoms with Crippen LogP contribution in [0.15, 0.2) is 52.4 Å². The molecule has 7 heteroatoms. The van der Waals surface area contributed by atoms with Crippen molar-refractivity contribution in [1.82, 2.24) is 4.98 Å². The van der Waals surface area contributed by atoms with Crippen molar-refractivity contribution in [2.24, 2.45) is 0 Å². The second-order valence-electron chi connectivity index (χ2n) is 3.50. The number of aromatic amines is 1. The van der Waals surface area contributed by atoms with E-state index in [1.807, 2.05) is 6.07 Å². The molecule has 0 saturated heterocycles. The molecule has 5 nitrogen and oxygen atoms in total. The molecular weight excluding hydrogens is 286 g/mol. The van der Waals surface area contributed by atoms with Gasteiger partial charge in [0.2, 0.25) is 10.3 Å². The molecule has 2 rings (SSSR count). The number of carbonyl (C=O) groups is 1. The van der Waals surface area contributed by atoms with Gasteiger partial charge in [-0.1, -0.05) is 30.0 Å². The van der Waals surface area contributed by atoms with Gasteiger partial charge in [-0.3, -0.25) is 0 Å². The second kappa shape index (κ2) is 5.77. The monoisotopic (exact) mass is 295 g/mol. The Morgan fingerprint density at radius 3 is 2.42 bits per heavy atom. The number of benzene rings is 1. The molecule has 0 aliphatic heterocycles. The Hall–Kier alpha value is -1.99. The van der Waals surface area contributed by atoms with Crippen LogP contribution in [-0.2, 0) is 10.3 Å². The molecule has 1 heterocycles. The average Bonchev–Trinajstić information content (AvgIpc) is 2.39. The van der Waals surface area contributed by atoms with Crippen molar-refractivity contribution in [3.8, 4) is 0 Å². The van der Waals surface area contributed by atoms with Crippen LogP contribution in [0.2, 0.25) is 0 Å². The number of nitrogens with one attached hydrogen (secondary N) is 1. The highest BCUT2D eigenvalue weighted by Gasteiger charge is 2.14. The lowest BCUT2D eigenvalue weighted by Crippen LogP contribution is -2.01. The first-order valence-electron chi connectivity index (χ1n) is 5.19. The average molecular weight is 295 g/mol. The van der Waals surface area contributed by atoms with Gasteiger partial charge in [0.25, 0.3) is 0 Å². The molecular formula is C12H9NO4S2. The van der Waals surface area contributed by atoms with Crippen molar-refractivity contribution < 1.29 is 18.3 Å². The topological polar surface area (TPSA) is 87.2 Å². The van der Waals surface area contributed by atoms with Gasteiger partial charge in [-0.25, -0.2) is 4.79 Å². The number of carboxylic acids is 1. The highest BCUT2D eigenvalue weighted by atomic mass is 32.2. The number of aromatic carboxylic acids is 1. The molecule has 19 heavy (non-hydrogen) atoms. The van der Waals surface area contributed by atoms with Crippen LogP contribution >= 0.6 is 11.8 Å². The van der Waals surface area contributed by atoms with Crippen LogP contribution in [0.4, 0.5) is 0 Å². The lowest BCUT2D eigenvalue weighted by atomic mass is 10.3. The molecule has 0 fully saturated rings. The molecule has 1 aromatic carbocycles. The van der Waals surface area contributed by atoms with Gasteiger partial charge in [-0.2, -0.15) is 8.42 Å². The first-order chi connectivity index (χ1) is 9.09. The number of aromatic nitrogens is 1. The summed E-state index contributed by atoms with van der Waals surface area (Å²) in [6, 6.07) is 10.3. The summed E-state index contributed by atoms with van der Waals surface area (Å²) in [6.07, 6.45) is 1.30. The molecule has 0 aliphatic carbocycles. The quantitative estimate of drug-likeness (QED) is 0.848. The zero-order chi connectivity index (χ0) is 13.8. The van der Waals surface area contributed by atoms with E-state index in [4.69, 9.17) is 5.11 Å². The summed E-state index contributed by atoms with van der Waals surface area (Å²) in [5, 5.41) is 9.12. The van der Waals surface area contributed by atoms with Gasteiger partial charge >= 0.3 is 5.97 Å². The van der Waals surface area contributed by atoms with Gasteiger partial charge in [0.05, 0.1) is 10.5 Å². The third-order valence-corrected chi connectivity index (χ3v) is 4.20. The van der Waals surface area contributed by atoms with Crippen LogP contribution in [0, 0.1) is 4.64 Å². The molecule has 98 valence electrons. The lowest BCUT2D eigenvalue weighted by molar-refractivity contribution is 0.0693. The van der Waals surface area contributed by atoms with E-state index in [1.54, 1.807) is 24.3 Å². The Morgan fingerprint density at radius 1 is 1.16 bits per heavy atom. The molecule has 2 N–H and O–H groups in total. The number of hydrogen-bond acceptors (Lipinski definition) is 4. The molecule has 0 aliphatic rings. The molecule has 0 unspecified atom stereocenters. The summed E-state index contributed by atoms with van der Waals surface area (Å²) >= 11 is 1.09. The van der Waals surface area contributed by atoms with Crippen molar-refractivity contribution in [3.05, 3.63) is 52.8 Å². The Morgan fingerprint density at radius 2 is 1.84 bits per heavy atom. The number of rotatable bonds is 3. The molecule has 0 bridgehead atoms. The van der Waals surface area contributed by atoms with Crippen LogP contribution in [0.3, 0.4) is 0 Å². The first kappa shape index (κ1) is 13.4. The van der Waals surface area contributed by atoms with Gasteiger partial charge in [0.15, 0.2) is 4.64 Å². The smallest absolute Gasteiger partial charge is 0.337 e. The maximum absolute atomic E-state index is 11.2. The Balaban J connectivity index is 2.67. The fourth-order valence-electron chi connectivity index (χ4n) is 1.46. The minimum atomic E-state index is -2.53. The molecule has 2 aromatic rings. The SMILES string of the molecule is O=C(O)c1cc[nH]c(=S(=O)=O)c1Sc1ccccc1. The van der Waals surface area contributed by atoms with Crippen molar-refractivity contribution in [3.63, 3.8) is 0 Å². The standard InChI is InChI=1S/C12H9NO4S2/c14-12(15)9-6-7-13-11(19(16)17)10(9)18-8-4-2-1-3-5-8/h1-7,13H,(H,14,15). The third kappa shape index (κ3) is 3.07. The largest absolute Gasteiger partial charge is 0.478 e. The summed E-state index contributed by atoms with van der Waals surface area (Å²) in [6.45, 7) is 0. The minimum absolute atomic E-state index is 0.0493. The van der Waals surface area contributed by atoms with Gasteiger partial charge in [-0.05, 0) is 18.2 Å². The summed E-state index contributed by atoms with van der Waals surface area (Å²) in [5.41, 5.74) is -0.0493. The van der Waals surface area contributed by atoms with Gasteiger partial charge in [0.1, 0.15) is 0 Å². The van der Waals surface area contributed by atoms with E-state index in [2.05, 4.69) is 4.98 Å². The van der Waals surface area contributed by atoms with Gasteiger partial charge in [-0.15, -0.1) is 0 Å². The summed E-state index contributed by atoms with van der Waals surface area (Å²) in [7, 11) is -2.53. The number of H-pyrrole nitrogens is 1. The normalized spacial score (nSPS) is 10.1. The minimum Gasteiger partial charge on any atom is -0.478 e.